The second-order valence-corrected chi connectivity index (χ2v) is 5.06. The molecular weight excluding hydrogens is 397 g/mol. The van der Waals surface area contributed by atoms with E-state index in [1.807, 2.05) is 0 Å². The van der Waals surface area contributed by atoms with Gasteiger partial charge in [0, 0.05) is 20.8 Å². The Morgan fingerprint density at radius 3 is 1.64 bits per heavy atom. The summed E-state index contributed by atoms with van der Waals surface area (Å²) in [5.41, 5.74) is 3.93. The predicted octanol–water partition coefficient (Wildman–Crippen LogP) is -1.87. The molecule has 0 heterocycles. The molecular formula is C15H18BF3NNaO7. The van der Waals surface area contributed by atoms with Gasteiger partial charge in [-0.25, -0.2) is 0 Å². The van der Waals surface area contributed by atoms with E-state index >= 15 is 0 Å². The summed E-state index contributed by atoms with van der Waals surface area (Å²) in [6.07, 6.45) is -4.83. The van der Waals surface area contributed by atoms with E-state index in [2.05, 4.69) is 14.0 Å². The molecule has 0 aliphatic carbocycles. The molecule has 1 aromatic rings. The first-order valence-corrected chi connectivity index (χ1v) is 7.43. The zero-order chi connectivity index (χ0) is 21.2. The summed E-state index contributed by atoms with van der Waals surface area (Å²) in [5, 5.41) is 0. The molecule has 0 saturated heterocycles. The number of hydrogen-bond acceptors (Lipinski definition) is 7. The molecule has 0 spiro atoms. The summed E-state index contributed by atoms with van der Waals surface area (Å²) in [6.45, 7) is 3.35. The Labute approximate surface area is 181 Å². The van der Waals surface area contributed by atoms with E-state index in [9.17, 15) is 32.3 Å². The Hall–Kier alpha value is -2.05. The minimum absolute atomic E-state index is 0. The zero-order valence-electron chi connectivity index (χ0n) is 15.8. The molecule has 2 N–H and O–H groups in total. The Kier molecular flexibility index (Phi) is 13.3. The summed E-state index contributed by atoms with van der Waals surface area (Å²) < 4.78 is 50.3. The van der Waals surface area contributed by atoms with Crippen LogP contribution in [0.4, 0.5) is 13.2 Å². The number of rotatable bonds is 5. The molecule has 13 heteroatoms. The molecule has 0 aliphatic rings. The molecule has 0 aromatic heterocycles. The van der Waals surface area contributed by atoms with Gasteiger partial charge >= 0.3 is 43.1 Å². The summed E-state index contributed by atoms with van der Waals surface area (Å²) >= 11 is 0. The number of benzene rings is 1. The van der Waals surface area contributed by atoms with E-state index in [-0.39, 0.29) is 35.1 Å². The van der Waals surface area contributed by atoms with Crippen molar-refractivity contribution in [2.75, 3.05) is 0 Å². The quantitative estimate of drug-likeness (QED) is 0.560. The van der Waals surface area contributed by atoms with E-state index in [0.29, 0.717) is 0 Å². The van der Waals surface area contributed by atoms with Gasteiger partial charge in [0.05, 0.1) is 12.0 Å². The minimum atomic E-state index is -4.44. The van der Waals surface area contributed by atoms with Crippen LogP contribution in [-0.2, 0) is 45.7 Å². The molecule has 8 nitrogen and oxygen atoms in total. The van der Waals surface area contributed by atoms with Crippen LogP contribution in [-0.4, -0.2) is 31.1 Å². The van der Waals surface area contributed by atoms with Crippen LogP contribution in [0.1, 0.15) is 31.9 Å². The van der Waals surface area contributed by atoms with Crippen molar-refractivity contribution in [2.24, 2.45) is 5.73 Å². The van der Waals surface area contributed by atoms with E-state index in [0.717, 1.165) is 26.8 Å². The first-order valence-electron chi connectivity index (χ1n) is 7.43. The van der Waals surface area contributed by atoms with Crippen LogP contribution in [0.25, 0.3) is 0 Å². The largest absolute Gasteiger partial charge is 1.00 e. The number of alkyl halides is 3. The van der Waals surface area contributed by atoms with Gasteiger partial charge in [-0.1, -0.05) is 18.2 Å². The predicted molar refractivity (Wildman–Crippen MR) is 86.8 cm³/mol. The maximum Gasteiger partial charge on any atom is 1.00 e. The van der Waals surface area contributed by atoms with Crippen LogP contribution in [0, 0.1) is 0 Å². The van der Waals surface area contributed by atoms with Crippen molar-refractivity contribution in [3.63, 3.8) is 0 Å². The molecule has 0 saturated carbocycles. The first-order chi connectivity index (χ1) is 12.3. The van der Waals surface area contributed by atoms with E-state index < -0.39 is 49.3 Å². The maximum atomic E-state index is 12.3. The number of halogens is 3. The topological polar surface area (TPSA) is 122 Å². The van der Waals surface area contributed by atoms with Gasteiger partial charge in [-0.3, -0.25) is 19.2 Å². The Morgan fingerprint density at radius 2 is 1.32 bits per heavy atom. The molecule has 0 aliphatic heterocycles. The number of amides is 1. The Morgan fingerprint density at radius 1 is 0.929 bits per heavy atom. The summed E-state index contributed by atoms with van der Waals surface area (Å²) in [7, 11) is -2.41. The summed E-state index contributed by atoms with van der Waals surface area (Å²) in [4.78, 5) is 41.8. The number of carbonyl (C=O) groups is 4. The van der Waals surface area contributed by atoms with Crippen molar-refractivity contribution in [1.29, 1.82) is 0 Å². The van der Waals surface area contributed by atoms with Crippen molar-refractivity contribution in [1.82, 2.24) is 0 Å². The standard InChI is InChI=1S/C9H8F3NO.C6H10BO6.Na/c10-9(11,12)7-4-2-1-3-6(7)5-8(13)14;1-4(8)11-7(12-5(2)9)13-6(3)10;/h1-4H,5H2,(H2,13,14);7H,1-3H3;/q;-1;+1. The SMILES string of the molecule is CC(=O)O[BH-](OC(C)=O)OC(C)=O.NC(=O)Cc1ccccc1C(F)(F)F.[Na+]. The second kappa shape index (κ2) is 13.2. The molecule has 0 unspecified atom stereocenters. The Balaban J connectivity index is 0. The van der Waals surface area contributed by atoms with E-state index in [1.165, 1.54) is 18.2 Å². The van der Waals surface area contributed by atoms with Crippen molar-refractivity contribution in [3.8, 4) is 0 Å². The smallest absolute Gasteiger partial charge is 0.625 e. The van der Waals surface area contributed by atoms with Crippen molar-refractivity contribution < 1.29 is 75.9 Å². The number of carbonyl (C=O) groups excluding carboxylic acids is 4. The summed E-state index contributed by atoms with van der Waals surface area (Å²) in [6, 6.07) is 4.88. The fraction of sp³-hybridized carbons (Fsp3) is 0.333. The van der Waals surface area contributed by atoms with Crippen LogP contribution in [0.3, 0.4) is 0 Å². The summed E-state index contributed by atoms with van der Waals surface area (Å²) in [5.74, 6) is -2.81. The fourth-order valence-corrected chi connectivity index (χ4v) is 1.72. The van der Waals surface area contributed by atoms with Gasteiger partial charge in [0.2, 0.25) is 5.91 Å². The van der Waals surface area contributed by atoms with E-state index in [4.69, 9.17) is 5.73 Å². The molecule has 0 fully saturated rings. The second-order valence-electron chi connectivity index (χ2n) is 5.06. The van der Waals surface area contributed by atoms with E-state index in [1.54, 1.807) is 0 Å². The molecule has 0 radical (unpaired) electrons. The number of hydrogen-bond donors (Lipinski definition) is 1. The fourth-order valence-electron chi connectivity index (χ4n) is 1.72. The molecule has 0 atom stereocenters. The average Bonchev–Trinajstić information content (AvgIpc) is 2.44. The van der Waals surface area contributed by atoms with Crippen LogP contribution >= 0.6 is 0 Å². The van der Waals surface area contributed by atoms with Gasteiger partial charge in [-0.15, -0.1) is 0 Å². The monoisotopic (exact) mass is 415 g/mol. The van der Waals surface area contributed by atoms with Gasteiger partial charge in [0.25, 0.3) is 17.9 Å². The third-order valence-electron chi connectivity index (χ3n) is 2.65. The molecule has 1 amide bonds. The first kappa shape index (κ1) is 28.2. The maximum absolute atomic E-state index is 12.3. The van der Waals surface area contributed by atoms with Gasteiger partial charge in [-0.05, 0) is 11.6 Å². The molecule has 1 aromatic carbocycles. The van der Waals surface area contributed by atoms with Gasteiger partial charge in [-0.2, -0.15) is 13.2 Å². The van der Waals surface area contributed by atoms with Crippen LogP contribution < -0.4 is 35.3 Å². The van der Waals surface area contributed by atoms with Crippen LogP contribution in [0.2, 0.25) is 0 Å². The van der Waals surface area contributed by atoms with Crippen molar-refractivity contribution in [2.45, 2.75) is 33.4 Å². The van der Waals surface area contributed by atoms with Crippen molar-refractivity contribution >= 4 is 31.1 Å². The zero-order valence-corrected chi connectivity index (χ0v) is 17.8. The molecule has 28 heavy (non-hydrogen) atoms. The van der Waals surface area contributed by atoms with Crippen molar-refractivity contribution in [3.05, 3.63) is 35.4 Å². The average molecular weight is 415 g/mol. The van der Waals surface area contributed by atoms with Gasteiger partial charge < -0.3 is 19.7 Å². The third kappa shape index (κ3) is 13.2. The molecule has 150 valence electrons. The van der Waals surface area contributed by atoms with Gasteiger partial charge in [0.15, 0.2) is 0 Å². The third-order valence-corrected chi connectivity index (χ3v) is 2.65. The number of nitrogens with two attached hydrogens (primary N) is 1. The Bertz CT molecular complexity index is 662. The van der Waals surface area contributed by atoms with Crippen LogP contribution in [0.5, 0.6) is 0 Å². The molecule has 0 bridgehead atoms. The minimum Gasteiger partial charge on any atom is -0.625 e. The number of primary amides is 1. The van der Waals surface area contributed by atoms with Crippen LogP contribution in [0.15, 0.2) is 24.3 Å². The normalized spacial score (nSPS) is 9.96. The molecule has 1 rings (SSSR count). The van der Waals surface area contributed by atoms with Gasteiger partial charge in [0.1, 0.15) is 0 Å².